The number of aromatic hydroxyl groups is 1. The first-order valence-corrected chi connectivity index (χ1v) is 13.2. The molecule has 4 rings (SSSR count). The summed E-state index contributed by atoms with van der Waals surface area (Å²) in [5.74, 6) is -12.1. The van der Waals surface area contributed by atoms with Crippen LogP contribution in [0, 0.1) is 39.7 Å². The summed E-state index contributed by atoms with van der Waals surface area (Å²) >= 11 is 0. The number of phenolic OH excluding ortho intramolecular Hbond substituents is 1. The van der Waals surface area contributed by atoms with Gasteiger partial charge in [-0.1, -0.05) is 13.8 Å². The summed E-state index contributed by atoms with van der Waals surface area (Å²) < 4.78 is 0. The van der Waals surface area contributed by atoms with Crippen LogP contribution in [0.25, 0.3) is 0 Å². The van der Waals surface area contributed by atoms with Crippen molar-refractivity contribution in [2.24, 2.45) is 35.3 Å². The Morgan fingerprint density at radius 3 is 2.35 bits per heavy atom. The number of carbonyl (C=O) groups is 5. The Labute approximate surface area is 230 Å². The van der Waals surface area contributed by atoms with E-state index < -0.39 is 86.3 Å². The topological polar surface area (TPSA) is 201 Å². The zero-order valence-electron chi connectivity index (χ0n) is 23.0. The van der Waals surface area contributed by atoms with Crippen LogP contribution in [0.3, 0.4) is 0 Å². The van der Waals surface area contributed by atoms with Crippen LogP contribution < -0.4 is 10.6 Å². The maximum atomic E-state index is 13.9. The van der Waals surface area contributed by atoms with Gasteiger partial charge < -0.3 is 20.8 Å². The molecule has 2 fully saturated rings. The first-order chi connectivity index (χ1) is 18.6. The molecule has 1 aromatic carbocycles. The highest BCUT2D eigenvalue weighted by atomic mass is 16.6. The first kappa shape index (κ1) is 29.3. The number of nitro groups is 1. The molecule has 6 atom stereocenters. The SMILES string of the molecule is CCN(CC(C)C)c1cc([N+](=O)[O-])c(O)c2c1CC1CC3[C@H](N(C)C)C(=O)C(C(N)=O)C(=O)[C@@]3(O)C(=O)C1C2=O. The van der Waals surface area contributed by atoms with E-state index in [1.807, 2.05) is 25.7 Å². The zero-order chi connectivity index (χ0) is 30.0. The Bertz CT molecular complexity index is 1340. The highest BCUT2D eigenvalue weighted by Crippen LogP contribution is 2.53. The molecule has 0 radical (unpaired) electrons. The molecule has 0 aliphatic heterocycles. The van der Waals surface area contributed by atoms with Crippen LogP contribution in [0.2, 0.25) is 0 Å². The maximum absolute atomic E-state index is 13.9. The summed E-state index contributed by atoms with van der Waals surface area (Å²) in [6.45, 7) is 6.71. The highest BCUT2D eigenvalue weighted by molar-refractivity contribution is 6.32. The quantitative estimate of drug-likeness (QED) is 0.235. The van der Waals surface area contributed by atoms with Crippen molar-refractivity contribution in [1.29, 1.82) is 0 Å². The zero-order valence-corrected chi connectivity index (χ0v) is 23.0. The number of nitrogens with zero attached hydrogens (tertiary/aromatic N) is 3. The van der Waals surface area contributed by atoms with Crippen LogP contribution in [0.4, 0.5) is 11.4 Å². The summed E-state index contributed by atoms with van der Waals surface area (Å²) in [6, 6.07) is 0.0157. The van der Waals surface area contributed by atoms with E-state index in [2.05, 4.69) is 0 Å². The number of primary amides is 1. The van der Waals surface area contributed by atoms with E-state index in [-0.39, 0.29) is 18.8 Å². The lowest BCUT2D eigenvalue weighted by atomic mass is 9.52. The van der Waals surface area contributed by atoms with Crippen molar-refractivity contribution in [2.45, 2.75) is 45.3 Å². The Hall–Kier alpha value is -3.71. The van der Waals surface area contributed by atoms with Crippen LogP contribution in [-0.2, 0) is 25.6 Å². The van der Waals surface area contributed by atoms with Crippen LogP contribution >= 0.6 is 0 Å². The second kappa shape index (κ2) is 10.0. The van der Waals surface area contributed by atoms with Gasteiger partial charge in [0.1, 0.15) is 0 Å². The number of aliphatic hydroxyl groups is 1. The molecule has 0 saturated heterocycles. The largest absolute Gasteiger partial charge is 0.502 e. The van der Waals surface area contributed by atoms with E-state index in [4.69, 9.17) is 5.73 Å². The van der Waals surface area contributed by atoms with E-state index in [0.717, 1.165) is 0 Å². The fourth-order valence-electron chi connectivity index (χ4n) is 6.90. The number of hydrogen-bond acceptors (Lipinski definition) is 11. The van der Waals surface area contributed by atoms with Crippen molar-refractivity contribution >= 4 is 40.4 Å². The second-order valence-corrected chi connectivity index (χ2v) is 11.6. The third kappa shape index (κ3) is 4.10. The average molecular weight is 559 g/mol. The number of likely N-dealkylation sites (N-methyl/N-ethyl adjacent to an activating group) is 1. The summed E-state index contributed by atoms with van der Waals surface area (Å²) in [7, 11) is 3.02. The van der Waals surface area contributed by atoms with Crippen molar-refractivity contribution in [1.82, 2.24) is 4.90 Å². The molecule has 3 aliphatic carbocycles. The van der Waals surface area contributed by atoms with E-state index in [0.29, 0.717) is 24.3 Å². The summed E-state index contributed by atoms with van der Waals surface area (Å²) in [5, 5.41) is 34.4. The molecule has 4 N–H and O–H groups in total. The normalized spacial score (nSPS) is 29.8. The number of amides is 1. The number of nitrogens with two attached hydrogens (primary N) is 1. The molecule has 0 bridgehead atoms. The maximum Gasteiger partial charge on any atom is 0.313 e. The lowest BCUT2D eigenvalue weighted by Gasteiger charge is -2.52. The van der Waals surface area contributed by atoms with Gasteiger partial charge in [0.15, 0.2) is 34.7 Å². The second-order valence-electron chi connectivity index (χ2n) is 11.6. The number of rotatable bonds is 7. The van der Waals surface area contributed by atoms with E-state index >= 15 is 0 Å². The first-order valence-electron chi connectivity index (χ1n) is 13.2. The molecule has 2 saturated carbocycles. The molecule has 1 amide bonds. The molecule has 3 aliphatic rings. The fourth-order valence-corrected chi connectivity index (χ4v) is 6.90. The number of nitro benzene ring substituents is 1. The molecule has 216 valence electrons. The predicted molar refractivity (Wildman–Crippen MR) is 141 cm³/mol. The molecule has 13 nitrogen and oxygen atoms in total. The molecule has 4 unspecified atom stereocenters. The van der Waals surface area contributed by atoms with E-state index in [9.17, 15) is 44.3 Å². The number of Topliss-reactive ketones (excluding diaryl/α,β-unsaturated/α-hetero) is 4. The van der Waals surface area contributed by atoms with Gasteiger partial charge in [0.25, 0.3) is 0 Å². The Morgan fingerprint density at radius 2 is 1.85 bits per heavy atom. The lowest BCUT2D eigenvalue weighted by Crippen LogP contribution is -2.74. The van der Waals surface area contributed by atoms with Gasteiger partial charge in [0.2, 0.25) is 11.7 Å². The highest BCUT2D eigenvalue weighted by Gasteiger charge is 2.69. The number of phenols is 1. The summed E-state index contributed by atoms with van der Waals surface area (Å²) in [5.41, 5.74) is 2.08. The lowest BCUT2D eigenvalue weighted by molar-refractivity contribution is -0.385. The number of carbonyl (C=O) groups excluding carboxylic acids is 5. The van der Waals surface area contributed by atoms with Crippen LogP contribution in [0.15, 0.2) is 6.07 Å². The Kier molecular flexibility index (Phi) is 7.35. The number of hydrogen-bond donors (Lipinski definition) is 3. The molecule has 0 heterocycles. The molecule has 0 aromatic heterocycles. The van der Waals surface area contributed by atoms with E-state index in [1.54, 1.807) is 0 Å². The van der Waals surface area contributed by atoms with Crippen molar-refractivity contribution < 1.29 is 39.1 Å². The van der Waals surface area contributed by atoms with Crippen LogP contribution in [0.5, 0.6) is 5.75 Å². The Morgan fingerprint density at radius 1 is 1.23 bits per heavy atom. The molecule has 1 aromatic rings. The summed E-state index contributed by atoms with van der Waals surface area (Å²) in [6.07, 6.45) is -0.0707. The van der Waals surface area contributed by atoms with Gasteiger partial charge in [-0.2, -0.15) is 0 Å². The molecular formula is C27H34N4O9. The molecule has 13 heteroatoms. The fraction of sp³-hybridized carbons (Fsp3) is 0.593. The van der Waals surface area contributed by atoms with Gasteiger partial charge in [0, 0.05) is 30.8 Å². The number of benzene rings is 1. The standard InChI is InChI=1S/C27H34N4O9/c1-6-30(10-11(2)3)15-9-16(31(39)40)21(32)18-13(15)7-12-8-14-20(29(4)5)23(34)19(26(28)37)25(36)27(14,38)24(35)17(12)22(18)33/h9,11-12,14,17,19-20,32,38H,6-8,10H2,1-5H3,(H2,28,37)/t12?,14?,17?,19?,20-,27-/m0/s1. The van der Waals surface area contributed by atoms with Crippen molar-refractivity contribution in [2.75, 3.05) is 32.1 Å². The van der Waals surface area contributed by atoms with E-state index in [1.165, 1.54) is 25.1 Å². The average Bonchev–Trinajstić information content (AvgIpc) is 2.84. The minimum atomic E-state index is -2.86. The van der Waals surface area contributed by atoms with Gasteiger partial charge >= 0.3 is 5.69 Å². The molecule has 40 heavy (non-hydrogen) atoms. The third-order valence-electron chi connectivity index (χ3n) is 8.52. The minimum absolute atomic E-state index is 0.0291. The van der Waals surface area contributed by atoms with Crippen molar-refractivity contribution in [3.8, 4) is 5.75 Å². The van der Waals surface area contributed by atoms with Gasteiger partial charge in [-0.25, -0.2) is 0 Å². The van der Waals surface area contributed by atoms with Gasteiger partial charge in [-0.15, -0.1) is 0 Å². The third-order valence-corrected chi connectivity index (χ3v) is 8.52. The van der Waals surface area contributed by atoms with Gasteiger partial charge in [0.05, 0.1) is 22.4 Å². The predicted octanol–water partition coefficient (Wildman–Crippen LogP) is 0.258. The van der Waals surface area contributed by atoms with Crippen LogP contribution in [-0.4, -0.2) is 87.9 Å². The van der Waals surface area contributed by atoms with Gasteiger partial charge in [-0.3, -0.25) is 39.0 Å². The van der Waals surface area contributed by atoms with Gasteiger partial charge in [-0.05, 0) is 51.3 Å². The molecule has 0 spiro atoms. The van der Waals surface area contributed by atoms with Crippen LogP contribution in [0.1, 0.15) is 43.1 Å². The Balaban J connectivity index is 1.93. The molecular weight excluding hydrogens is 524 g/mol. The number of ketones is 4. The minimum Gasteiger partial charge on any atom is -0.502 e. The monoisotopic (exact) mass is 558 g/mol. The smallest absolute Gasteiger partial charge is 0.313 e. The number of anilines is 1. The number of fused-ring (bicyclic) bond motifs is 3. The van der Waals surface area contributed by atoms with Crippen molar-refractivity contribution in [3.63, 3.8) is 0 Å². The van der Waals surface area contributed by atoms with Crippen molar-refractivity contribution in [3.05, 3.63) is 27.3 Å². The summed E-state index contributed by atoms with van der Waals surface area (Å²) in [4.78, 5) is 80.9.